The highest BCUT2D eigenvalue weighted by molar-refractivity contribution is 5.63. The standard InChI is InChI=1S/C26H30N2O2/c1-21-6-5-9-24(18-21)28-16-14-27(15-17-28)19-25(29)20-30-26-12-10-23(11-13-26)22-7-3-2-4-8-22/h2-13,18,25,29H,14-17,19-20H2,1H3. The van der Waals surface area contributed by atoms with Gasteiger partial charge in [-0.05, 0) is 47.9 Å². The van der Waals surface area contributed by atoms with Gasteiger partial charge in [0.05, 0.1) is 0 Å². The summed E-state index contributed by atoms with van der Waals surface area (Å²) >= 11 is 0. The third kappa shape index (κ3) is 5.41. The lowest BCUT2D eigenvalue weighted by atomic mass is 10.1. The summed E-state index contributed by atoms with van der Waals surface area (Å²) in [5.41, 5.74) is 4.93. The molecule has 0 amide bonds. The van der Waals surface area contributed by atoms with Crippen LogP contribution >= 0.6 is 0 Å². The number of rotatable bonds is 7. The summed E-state index contributed by atoms with van der Waals surface area (Å²) in [5, 5.41) is 10.4. The predicted molar refractivity (Wildman–Crippen MR) is 123 cm³/mol. The molecular weight excluding hydrogens is 372 g/mol. The van der Waals surface area contributed by atoms with Crippen molar-refractivity contribution in [1.82, 2.24) is 4.90 Å². The molecule has 0 aromatic heterocycles. The summed E-state index contributed by atoms with van der Waals surface area (Å²) < 4.78 is 5.82. The molecule has 4 heteroatoms. The Kier molecular flexibility index (Phi) is 6.67. The summed E-state index contributed by atoms with van der Waals surface area (Å²) in [5.74, 6) is 0.790. The van der Waals surface area contributed by atoms with Gasteiger partial charge in [-0.25, -0.2) is 0 Å². The lowest BCUT2D eigenvalue weighted by Crippen LogP contribution is -2.49. The van der Waals surface area contributed by atoms with Crippen LogP contribution in [0, 0.1) is 6.92 Å². The van der Waals surface area contributed by atoms with Crippen molar-refractivity contribution < 1.29 is 9.84 Å². The molecule has 0 aliphatic carbocycles. The van der Waals surface area contributed by atoms with E-state index in [2.05, 4.69) is 65.3 Å². The van der Waals surface area contributed by atoms with E-state index in [1.807, 2.05) is 30.3 Å². The van der Waals surface area contributed by atoms with Crippen molar-refractivity contribution in [2.45, 2.75) is 13.0 Å². The quantitative estimate of drug-likeness (QED) is 0.642. The number of aliphatic hydroxyl groups excluding tert-OH is 1. The molecule has 4 rings (SSSR count). The zero-order valence-electron chi connectivity index (χ0n) is 17.6. The lowest BCUT2D eigenvalue weighted by molar-refractivity contribution is 0.0663. The van der Waals surface area contributed by atoms with E-state index < -0.39 is 6.10 Å². The Morgan fingerprint density at radius 1 is 0.833 bits per heavy atom. The van der Waals surface area contributed by atoms with Crippen LogP contribution in [-0.2, 0) is 0 Å². The summed E-state index contributed by atoms with van der Waals surface area (Å²) in [6.07, 6.45) is -0.496. The first-order valence-corrected chi connectivity index (χ1v) is 10.7. The summed E-state index contributed by atoms with van der Waals surface area (Å²) in [6.45, 7) is 6.96. The van der Waals surface area contributed by atoms with Crippen molar-refractivity contribution in [3.8, 4) is 16.9 Å². The van der Waals surface area contributed by atoms with E-state index in [1.165, 1.54) is 16.8 Å². The Morgan fingerprint density at radius 2 is 1.53 bits per heavy atom. The molecule has 3 aromatic rings. The van der Waals surface area contributed by atoms with Gasteiger partial charge in [0.25, 0.3) is 0 Å². The second-order valence-corrected chi connectivity index (χ2v) is 7.98. The van der Waals surface area contributed by atoms with Crippen molar-refractivity contribution >= 4 is 5.69 Å². The van der Waals surface area contributed by atoms with Crippen LogP contribution < -0.4 is 9.64 Å². The van der Waals surface area contributed by atoms with E-state index in [0.717, 1.165) is 37.5 Å². The molecule has 1 N–H and O–H groups in total. The topological polar surface area (TPSA) is 35.9 Å². The molecule has 1 atom stereocenters. The van der Waals surface area contributed by atoms with Gasteiger partial charge in [-0.15, -0.1) is 0 Å². The average molecular weight is 403 g/mol. The molecule has 0 bridgehead atoms. The second kappa shape index (κ2) is 9.79. The number of anilines is 1. The highest BCUT2D eigenvalue weighted by Gasteiger charge is 2.19. The first-order valence-electron chi connectivity index (χ1n) is 10.7. The maximum Gasteiger partial charge on any atom is 0.119 e. The Morgan fingerprint density at radius 3 is 2.23 bits per heavy atom. The minimum absolute atomic E-state index is 0.308. The summed E-state index contributed by atoms with van der Waals surface area (Å²) in [7, 11) is 0. The molecular formula is C26H30N2O2. The van der Waals surface area contributed by atoms with Crippen molar-refractivity contribution in [2.75, 3.05) is 44.2 Å². The summed E-state index contributed by atoms with van der Waals surface area (Å²) in [4.78, 5) is 4.74. The molecule has 1 heterocycles. The molecule has 3 aromatic carbocycles. The van der Waals surface area contributed by atoms with Crippen LogP contribution in [0.2, 0.25) is 0 Å². The fourth-order valence-corrected chi connectivity index (χ4v) is 3.93. The molecule has 0 saturated carbocycles. The molecule has 1 aliphatic heterocycles. The van der Waals surface area contributed by atoms with Crippen LogP contribution in [-0.4, -0.2) is 55.4 Å². The second-order valence-electron chi connectivity index (χ2n) is 7.98. The molecule has 156 valence electrons. The number of nitrogens with zero attached hydrogens (tertiary/aromatic N) is 2. The Labute approximate surface area is 179 Å². The van der Waals surface area contributed by atoms with Gasteiger partial charge in [-0.3, -0.25) is 4.90 Å². The third-order valence-corrected chi connectivity index (χ3v) is 5.61. The van der Waals surface area contributed by atoms with Crippen LogP contribution in [0.5, 0.6) is 5.75 Å². The van der Waals surface area contributed by atoms with Gasteiger partial charge in [0.2, 0.25) is 0 Å². The molecule has 30 heavy (non-hydrogen) atoms. The normalized spacial score (nSPS) is 15.7. The molecule has 1 unspecified atom stereocenters. The molecule has 1 fully saturated rings. The molecule has 4 nitrogen and oxygen atoms in total. The van der Waals surface area contributed by atoms with Gasteiger partial charge in [-0.2, -0.15) is 0 Å². The minimum Gasteiger partial charge on any atom is -0.491 e. The zero-order valence-corrected chi connectivity index (χ0v) is 17.6. The molecule has 1 aliphatic rings. The third-order valence-electron chi connectivity index (χ3n) is 5.61. The van der Waals surface area contributed by atoms with Gasteiger partial charge in [0, 0.05) is 38.4 Å². The van der Waals surface area contributed by atoms with E-state index >= 15 is 0 Å². The van der Waals surface area contributed by atoms with Gasteiger partial charge in [0.15, 0.2) is 0 Å². The first kappa shape index (κ1) is 20.5. The van der Waals surface area contributed by atoms with Gasteiger partial charge >= 0.3 is 0 Å². The minimum atomic E-state index is -0.496. The van der Waals surface area contributed by atoms with Crippen LogP contribution in [0.1, 0.15) is 5.56 Å². The van der Waals surface area contributed by atoms with E-state index in [9.17, 15) is 5.11 Å². The Hall–Kier alpha value is -2.82. The highest BCUT2D eigenvalue weighted by atomic mass is 16.5. The predicted octanol–water partition coefficient (Wildman–Crippen LogP) is 4.22. The van der Waals surface area contributed by atoms with Crippen molar-refractivity contribution in [3.05, 3.63) is 84.4 Å². The van der Waals surface area contributed by atoms with E-state index in [-0.39, 0.29) is 0 Å². The Bertz CT molecular complexity index is 919. The lowest BCUT2D eigenvalue weighted by Gasteiger charge is -2.37. The number of benzene rings is 3. The van der Waals surface area contributed by atoms with Crippen LogP contribution in [0.25, 0.3) is 11.1 Å². The number of piperazine rings is 1. The number of hydrogen-bond donors (Lipinski definition) is 1. The van der Waals surface area contributed by atoms with E-state index in [1.54, 1.807) is 0 Å². The maximum atomic E-state index is 10.4. The zero-order chi connectivity index (χ0) is 20.8. The van der Waals surface area contributed by atoms with Crippen molar-refractivity contribution in [2.24, 2.45) is 0 Å². The van der Waals surface area contributed by atoms with Crippen molar-refractivity contribution in [3.63, 3.8) is 0 Å². The number of aliphatic hydroxyl groups is 1. The number of aryl methyl sites for hydroxylation is 1. The van der Waals surface area contributed by atoms with Crippen molar-refractivity contribution in [1.29, 1.82) is 0 Å². The fourth-order valence-electron chi connectivity index (χ4n) is 3.93. The largest absolute Gasteiger partial charge is 0.491 e. The average Bonchev–Trinajstić information content (AvgIpc) is 2.79. The first-order chi connectivity index (χ1) is 14.7. The van der Waals surface area contributed by atoms with Crippen LogP contribution in [0.4, 0.5) is 5.69 Å². The SMILES string of the molecule is Cc1cccc(N2CCN(CC(O)COc3ccc(-c4ccccc4)cc3)CC2)c1. The molecule has 1 saturated heterocycles. The fraction of sp³-hybridized carbons (Fsp3) is 0.308. The highest BCUT2D eigenvalue weighted by Crippen LogP contribution is 2.22. The van der Waals surface area contributed by atoms with Gasteiger partial charge in [0.1, 0.15) is 18.5 Å². The van der Waals surface area contributed by atoms with E-state index in [0.29, 0.717) is 13.2 Å². The molecule has 0 radical (unpaired) electrons. The number of β-amino-alcohol motifs (C(OH)–C–C–N with tert-alkyl or cyclic N) is 1. The van der Waals surface area contributed by atoms with E-state index in [4.69, 9.17) is 4.74 Å². The monoisotopic (exact) mass is 402 g/mol. The number of ether oxygens (including phenoxy) is 1. The summed E-state index contributed by atoms with van der Waals surface area (Å²) in [6, 6.07) is 27.0. The van der Waals surface area contributed by atoms with Gasteiger partial charge < -0.3 is 14.7 Å². The molecule has 0 spiro atoms. The van der Waals surface area contributed by atoms with Gasteiger partial charge in [-0.1, -0.05) is 54.6 Å². The smallest absolute Gasteiger partial charge is 0.119 e. The van der Waals surface area contributed by atoms with Crippen LogP contribution in [0.15, 0.2) is 78.9 Å². The number of hydrogen-bond acceptors (Lipinski definition) is 4. The van der Waals surface area contributed by atoms with Crippen LogP contribution in [0.3, 0.4) is 0 Å². The Balaban J connectivity index is 1.21. The maximum absolute atomic E-state index is 10.4.